The molecule has 5 nitrogen and oxygen atoms in total. The van der Waals surface area contributed by atoms with Crippen molar-refractivity contribution in [2.45, 2.75) is 13.8 Å². The van der Waals surface area contributed by atoms with E-state index in [-0.39, 0.29) is 12.6 Å². The lowest BCUT2D eigenvalue weighted by molar-refractivity contribution is 0.0286. The van der Waals surface area contributed by atoms with Gasteiger partial charge >= 0.3 is 5.97 Å². The molecule has 0 unspecified atom stereocenters. The van der Waals surface area contributed by atoms with Gasteiger partial charge in [-0.1, -0.05) is 13.8 Å². The zero-order valence-electron chi connectivity index (χ0n) is 12.3. The van der Waals surface area contributed by atoms with Crippen LogP contribution in [-0.2, 0) is 9.47 Å². The largest absolute Gasteiger partial charge is 0.460 e. The fourth-order valence-corrected chi connectivity index (χ4v) is 1.73. The van der Waals surface area contributed by atoms with Crippen molar-refractivity contribution >= 4 is 11.7 Å². The third-order valence-corrected chi connectivity index (χ3v) is 3.05. The van der Waals surface area contributed by atoms with Crippen molar-refractivity contribution in [1.29, 1.82) is 0 Å². The highest BCUT2D eigenvalue weighted by Crippen LogP contribution is 2.06. The zero-order valence-corrected chi connectivity index (χ0v) is 12.3. The number of anilines is 1. The number of esters is 1. The molecule has 0 aliphatic rings. The summed E-state index contributed by atoms with van der Waals surface area (Å²) < 4.78 is 10.5. The monoisotopic (exact) mass is 280 g/mol. The van der Waals surface area contributed by atoms with Crippen LogP contribution in [0.1, 0.15) is 24.2 Å². The van der Waals surface area contributed by atoms with Gasteiger partial charge in [0, 0.05) is 12.2 Å². The van der Waals surface area contributed by atoms with Crippen molar-refractivity contribution in [2.24, 2.45) is 0 Å². The predicted octanol–water partition coefficient (Wildman–Crippen LogP) is 1.78. The van der Waals surface area contributed by atoms with Crippen molar-refractivity contribution < 1.29 is 14.3 Å². The Hall–Kier alpha value is -1.59. The van der Waals surface area contributed by atoms with Gasteiger partial charge in [0.15, 0.2) is 0 Å². The summed E-state index contributed by atoms with van der Waals surface area (Å²) in [7, 11) is 0. The molecule has 0 aliphatic heterocycles. The molecule has 0 saturated carbocycles. The summed E-state index contributed by atoms with van der Waals surface area (Å²) in [6, 6.07) is 6.66. The van der Waals surface area contributed by atoms with Crippen LogP contribution in [0, 0.1) is 0 Å². The number of hydrogen-bond acceptors (Lipinski definition) is 5. The summed E-state index contributed by atoms with van der Waals surface area (Å²) in [6.07, 6.45) is 0. The second-order valence-electron chi connectivity index (χ2n) is 4.40. The number of nitrogen functional groups attached to an aromatic ring is 1. The van der Waals surface area contributed by atoms with Crippen molar-refractivity contribution in [3.63, 3.8) is 0 Å². The molecule has 1 aromatic rings. The first kappa shape index (κ1) is 16.5. The lowest BCUT2D eigenvalue weighted by Gasteiger charge is -2.17. The maximum Gasteiger partial charge on any atom is 0.338 e. The Morgan fingerprint density at radius 1 is 1.10 bits per heavy atom. The van der Waals surface area contributed by atoms with E-state index in [1.807, 2.05) is 0 Å². The Morgan fingerprint density at radius 2 is 1.75 bits per heavy atom. The highest BCUT2D eigenvalue weighted by atomic mass is 16.6. The van der Waals surface area contributed by atoms with Gasteiger partial charge in [-0.25, -0.2) is 4.79 Å². The van der Waals surface area contributed by atoms with Crippen molar-refractivity contribution in [3.8, 4) is 0 Å². The van der Waals surface area contributed by atoms with Crippen LogP contribution in [-0.4, -0.2) is 50.3 Å². The maximum absolute atomic E-state index is 11.7. The van der Waals surface area contributed by atoms with E-state index in [2.05, 4.69) is 18.7 Å². The summed E-state index contributed by atoms with van der Waals surface area (Å²) in [5, 5.41) is 0. The SMILES string of the molecule is CCN(CC)CCOCCOC(=O)c1ccc(N)cc1. The van der Waals surface area contributed by atoms with Gasteiger partial charge in [-0.15, -0.1) is 0 Å². The second-order valence-corrected chi connectivity index (χ2v) is 4.40. The van der Waals surface area contributed by atoms with Crippen molar-refractivity contribution in [1.82, 2.24) is 4.90 Å². The van der Waals surface area contributed by atoms with E-state index < -0.39 is 0 Å². The van der Waals surface area contributed by atoms with E-state index in [4.69, 9.17) is 15.2 Å². The Bertz CT molecular complexity index is 389. The average Bonchev–Trinajstić information content (AvgIpc) is 2.47. The van der Waals surface area contributed by atoms with Gasteiger partial charge in [0.05, 0.1) is 18.8 Å². The van der Waals surface area contributed by atoms with E-state index in [1.165, 1.54) is 0 Å². The summed E-state index contributed by atoms with van der Waals surface area (Å²) in [5.74, 6) is -0.350. The molecule has 20 heavy (non-hydrogen) atoms. The highest BCUT2D eigenvalue weighted by Gasteiger charge is 2.06. The summed E-state index contributed by atoms with van der Waals surface area (Å²) in [5.41, 5.74) is 6.68. The zero-order chi connectivity index (χ0) is 14.8. The average molecular weight is 280 g/mol. The molecule has 0 atom stereocenters. The Kier molecular flexibility index (Phi) is 7.69. The van der Waals surface area contributed by atoms with Crippen LogP contribution >= 0.6 is 0 Å². The molecular weight excluding hydrogens is 256 g/mol. The van der Waals surface area contributed by atoms with E-state index in [0.717, 1.165) is 19.6 Å². The minimum atomic E-state index is -0.350. The molecule has 0 aromatic heterocycles. The number of carbonyl (C=O) groups is 1. The molecule has 112 valence electrons. The van der Waals surface area contributed by atoms with Crippen LogP contribution in [0.3, 0.4) is 0 Å². The Morgan fingerprint density at radius 3 is 2.35 bits per heavy atom. The molecule has 0 amide bonds. The van der Waals surface area contributed by atoms with Crippen LogP contribution in [0.4, 0.5) is 5.69 Å². The fourth-order valence-electron chi connectivity index (χ4n) is 1.73. The maximum atomic E-state index is 11.7. The standard InChI is InChI=1S/C15H24N2O3/c1-3-17(4-2)9-10-19-11-12-20-15(18)13-5-7-14(16)8-6-13/h5-8H,3-4,9-12,16H2,1-2H3. The molecule has 1 aromatic carbocycles. The number of benzene rings is 1. The van der Waals surface area contributed by atoms with Crippen molar-refractivity contribution in [2.75, 3.05) is 45.2 Å². The van der Waals surface area contributed by atoms with Crippen molar-refractivity contribution in [3.05, 3.63) is 29.8 Å². The van der Waals surface area contributed by atoms with Gasteiger partial charge in [-0.3, -0.25) is 0 Å². The number of nitrogens with zero attached hydrogens (tertiary/aromatic N) is 1. The van der Waals surface area contributed by atoms with Gasteiger partial charge in [0.1, 0.15) is 6.61 Å². The minimum absolute atomic E-state index is 0.265. The molecule has 0 spiro atoms. The van der Waals surface area contributed by atoms with Gasteiger partial charge in [0.2, 0.25) is 0 Å². The molecule has 2 N–H and O–H groups in total. The smallest absolute Gasteiger partial charge is 0.338 e. The third kappa shape index (κ3) is 6.04. The molecule has 0 bridgehead atoms. The molecule has 0 fully saturated rings. The molecular formula is C15H24N2O3. The van der Waals surface area contributed by atoms with Crippen LogP contribution in [0.5, 0.6) is 0 Å². The van der Waals surface area contributed by atoms with Gasteiger partial charge in [-0.05, 0) is 37.4 Å². The van der Waals surface area contributed by atoms with Gasteiger partial charge in [0.25, 0.3) is 0 Å². The van der Waals surface area contributed by atoms with Gasteiger partial charge < -0.3 is 20.1 Å². The topological polar surface area (TPSA) is 64.8 Å². The Labute approximate surface area is 120 Å². The molecule has 5 heteroatoms. The number of hydrogen-bond donors (Lipinski definition) is 1. The second kappa shape index (κ2) is 9.34. The molecule has 0 radical (unpaired) electrons. The van der Waals surface area contributed by atoms with Gasteiger partial charge in [-0.2, -0.15) is 0 Å². The van der Waals surface area contributed by atoms with E-state index in [0.29, 0.717) is 24.5 Å². The number of ether oxygens (including phenoxy) is 2. The normalized spacial score (nSPS) is 10.8. The first-order chi connectivity index (χ1) is 9.67. The molecule has 0 aliphatic carbocycles. The first-order valence-corrected chi connectivity index (χ1v) is 7.00. The molecule has 0 heterocycles. The van der Waals surface area contributed by atoms with Crippen LogP contribution < -0.4 is 5.73 Å². The predicted molar refractivity (Wildman–Crippen MR) is 79.7 cm³/mol. The summed E-state index contributed by atoms with van der Waals surface area (Å²) in [6.45, 7) is 8.53. The first-order valence-electron chi connectivity index (χ1n) is 7.00. The highest BCUT2D eigenvalue weighted by molar-refractivity contribution is 5.89. The van der Waals surface area contributed by atoms with E-state index >= 15 is 0 Å². The van der Waals surface area contributed by atoms with Crippen LogP contribution in [0.25, 0.3) is 0 Å². The number of nitrogens with two attached hydrogens (primary N) is 1. The number of likely N-dealkylation sites (N-methyl/N-ethyl adjacent to an activating group) is 1. The lowest BCUT2D eigenvalue weighted by atomic mass is 10.2. The minimum Gasteiger partial charge on any atom is -0.460 e. The summed E-state index contributed by atoms with van der Waals surface area (Å²) in [4.78, 5) is 13.9. The number of rotatable bonds is 9. The summed E-state index contributed by atoms with van der Waals surface area (Å²) >= 11 is 0. The number of carbonyl (C=O) groups excluding carboxylic acids is 1. The third-order valence-electron chi connectivity index (χ3n) is 3.05. The Balaban J connectivity index is 2.12. The van der Waals surface area contributed by atoms with E-state index in [1.54, 1.807) is 24.3 Å². The fraction of sp³-hybridized carbons (Fsp3) is 0.533. The molecule has 0 saturated heterocycles. The van der Waals surface area contributed by atoms with Crippen LogP contribution in [0.15, 0.2) is 24.3 Å². The molecule has 1 rings (SSSR count). The van der Waals surface area contributed by atoms with E-state index in [9.17, 15) is 4.79 Å². The quantitative estimate of drug-likeness (QED) is 0.424. The van der Waals surface area contributed by atoms with Crippen LogP contribution in [0.2, 0.25) is 0 Å². The lowest BCUT2D eigenvalue weighted by Crippen LogP contribution is -2.27.